The molecule has 13 N–H and O–H groups in total. The molecule has 27 nitrogen and oxygen atoms in total. The number of aliphatic hydroxyl groups is 6. The summed E-state index contributed by atoms with van der Waals surface area (Å²) >= 11 is 0. The minimum absolute atomic E-state index is 0.111. The van der Waals surface area contributed by atoms with Gasteiger partial charge in [-0.1, -0.05) is 0 Å². The molecule has 79 heavy (non-hydrogen) atoms. The Balaban J connectivity index is 0.000000929. The quantitative estimate of drug-likeness (QED) is 0.0750. The van der Waals surface area contributed by atoms with Gasteiger partial charge in [0.1, 0.15) is 18.3 Å². The highest BCUT2D eigenvalue weighted by Crippen LogP contribution is 2.30. The number of aromatic nitrogens is 4. The fourth-order valence-corrected chi connectivity index (χ4v) is 6.44. The Labute approximate surface area is 457 Å². The zero-order valence-corrected chi connectivity index (χ0v) is 46.4. The van der Waals surface area contributed by atoms with E-state index in [0.29, 0.717) is 17.1 Å². The van der Waals surface area contributed by atoms with Gasteiger partial charge in [0, 0.05) is 57.5 Å². The lowest BCUT2D eigenvalue weighted by atomic mass is 10.1. The van der Waals surface area contributed by atoms with Gasteiger partial charge in [-0.2, -0.15) is 0 Å². The van der Waals surface area contributed by atoms with E-state index in [0.717, 1.165) is 19.6 Å². The number of aliphatic hydroxyl groups excluding tert-OH is 6. The topological polar surface area (TPSA) is 403 Å². The number of likely N-dealkylation sites (N-methyl/N-ethyl adjacent to an activating group) is 3. The summed E-state index contributed by atoms with van der Waals surface area (Å²) in [7, 11) is 11.6. The lowest BCUT2D eigenvalue weighted by molar-refractivity contribution is -0.115. The first kappa shape index (κ1) is 71.4. The number of hydrogen-bond donors (Lipinski definition) is 13. The van der Waals surface area contributed by atoms with Crippen LogP contribution in [0.5, 0.6) is 0 Å². The van der Waals surface area contributed by atoms with Crippen molar-refractivity contribution in [3.63, 3.8) is 0 Å². The molecule has 27 heteroatoms. The van der Waals surface area contributed by atoms with Crippen LogP contribution in [0, 0.1) is 0 Å². The molecule has 0 unspecified atom stereocenters. The predicted octanol–water partition coefficient (Wildman–Crippen LogP) is 1.55. The third-order valence-electron chi connectivity index (χ3n) is 9.40. The van der Waals surface area contributed by atoms with Crippen molar-refractivity contribution in [2.45, 2.75) is 84.4 Å². The second-order valence-corrected chi connectivity index (χ2v) is 18.3. The Bertz CT molecular complexity index is 2440. The van der Waals surface area contributed by atoms with Crippen LogP contribution in [0.1, 0.15) is 78.8 Å². The number of carbonyl (C=O) groups is 6. The van der Waals surface area contributed by atoms with Gasteiger partial charge in [-0.25, -0.2) is 24.4 Å². The maximum atomic E-state index is 11.5. The van der Waals surface area contributed by atoms with Gasteiger partial charge in [0.2, 0.25) is 17.7 Å². The van der Waals surface area contributed by atoms with E-state index in [-0.39, 0.29) is 63.9 Å². The van der Waals surface area contributed by atoms with Crippen molar-refractivity contribution in [1.29, 1.82) is 0 Å². The molecule has 1 saturated heterocycles. The summed E-state index contributed by atoms with van der Waals surface area (Å²) in [6.07, 6.45) is -2.38. The molecule has 1 aliphatic heterocycles. The van der Waals surface area contributed by atoms with Crippen molar-refractivity contribution in [2.75, 3.05) is 84.5 Å². The van der Waals surface area contributed by atoms with Gasteiger partial charge in [0.15, 0.2) is 17.4 Å². The van der Waals surface area contributed by atoms with Gasteiger partial charge in [-0.15, -0.1) is 0 Å². The van der Waals surface area contributed by atoms with Crippen LogP contribution < -0.4 is 21.5 Å². The highest BCUT2D eigenvalue weighted by atomic mass is 16.6. The monoisotopic (exact) mass is 1110 g/mol. The third-order valence-corrected chi connectivity index (χ3v) is 9.40. The maximum Gasteiger partial charge on any atom is 0.335 e. The van der Waals surface area contributed by atoms with E-state index < -0.39 is 54.6 Å². The Morgan fingerprint density at radius 1 is 0.582 bits per heavy atom. The van der Waals surface area contributed by atoms with Gasteiger partial charge in [-0.05, 0) is 136 Å². The number of carbonyl (C=O) groups excluding carboxylic acids is 3. The molecule has 1 aliphatic rings. The number of nitrogens with one attached hydrogen (secondary N) is 4. The number of amides is 3. The summed E-state index contributed by atoms with van der Waals surface area (Å²) in [6, 6.07) is 17.9. The van der Waals surface area contributed by atoms with Crippen LogP contribution in [-0.2, 0) is 19.1 Å². The van der Waals surface area contributed by atoms with Crippen LogP contribution in [0.4, 0.5) is 17.1 Å². The SMILES string of the molecule is CC(=O)Nc1ccc(C(=O)O)cc1.CC(=O)Nc1ccc(C(=O)O)cc1.CC(=O)Nc1ccc(C(=O)O)cc1.C[C@@H](O)CN(C)C.C[C@@H](O)CN(C)C.C[C@@H](O)CN(C)C.O=c1[nH]cnc2c1ncn2[C@@H]1O[C@H](CO)[C@@H](O)[C@H]1O. The first-order valence-electron chi connectivity index (χ1n) is 24.1. The van der Waals surface area contributed by atoms with Crippen molar-refractivity contribution in [3.8, 4) is 0 Å². The van der Waals surface area contributed by atoms with Crippen molar-refractivity contribution in [2.24, 2.45) is 0 Å². The van der Waals surface area contributed by atoms with E-state index in [4.69, 9.17) is 40.5 Å². The molecule has 0 saturated carbocycles. The third kappa shape index (κ3) is 30.8. The van der Waals surface area contributed by atoms with Crippen LogP contribution >= 0.6 is 0 Å². The lowest BCUT2D eigenvalue weighted by Crippen LogP contribution is -2.33. The molecule has 0 spiro atoms. The second-order valence-electron chi connectivity index (χ2n) is 18.3. The molecule has 7 atom stereocenters. The number of fused-ring (bicyclic) bond motifs is 1. The summed E-state index contributed by atoms with van der Waals surface area (Å²) in [4.78, 5) is 90.8. The summed E-state index contributed by atoms with van der Waals surface area (Å²) in [6.45, 7) is 11.3. The van der Waals surface area contributed by atoms with Crippen LogP contribution in [-0.4, -0.2) is 221 Å². The molecule has 1 fully saturated rings. The molecule has 438 valence electrons. The van der Waals surface area contributed by atoms with Crippen LogP contribution in [0.25, 0.3) is 11.2 Å². The number of imidazole rings is 1. The molecule has 0 aliphatic carbocycles. The van der Waals surface area contributed by atoms with Gasteiger partial charge in [0.05, 0.1) is 54.3 Å². The van der Waals surface area contributed by atoms with Crippen LogP contribution in [0.2, 0.25) is 0 Å². The highest BCUT2D eigenvalue weighted by molar-refractivity contribution is 5.93. The lowest BCUT2D eigenvalue weighted by Gasteiger charge is -2.16. The molecule has 6 rings (SSSR count). The van der Waals surface area contributed by atoms with Gasteiger partial charge < -0.3 is 86.3 Å². The van der Waals surface area contributed by atoms with E-state index in [9.17, 15) is 43.8 Å². The van der Waals surface area contributed by atoms with E-state index >= 15 is 0 Å². The second kappa shape index (κ2) is 37.3. The number of H-pyrrole nitrogens is 1. The van der Waals surface area contributed by atoms with Crippen molar-refractivity contribution >= 4 is 63.9 Å². The van der Waals surface area contributed by atoms with E-state index in [1.807, 2.05) is 57.0 Å². The minimum Gasteiger partial charge on any atom is -0.478 e. The number of ether oxygens (including phenoxy) is 1. The van der Waals surface area contributed by atoms with Crippen LogP contribution in [0.15, 0.2) is 90.2 Å². The normalized spacial score (nSPS) is 16.1. The Hall–Kier alpha value is -7.57. The van der Waals surface area contributed by atoms with E-state index in [2.05, 4.69) is 30.9 Å². The molecular formula is C52H78N10O17. The number of aromatic carboxylic acids is 3. The Morgan fingerprint density at radius 3 is 1.13 bits per heavy atom. The molecule has 2 aromatic heterocycles. The number of anilines is 3. The summed E-state index contributed by atoms with van der Waals surface area (Å²) in [5, 5.41) is 88.0. The first-order valence-corrected chi connectivity index (χ1v) is 24.1. The number of hydrogen-bond acceptors (Lipinski definition) is 19. The van der Waals surface area contributed by atoms with Crippen molar-refractivity contribution < 1.29 is 79.5 Å². The maximum absolute atomic E-state index is 11.5. The van der Waals surface area contributed by atoms with E-state index in [1.165, 1.54) is 74.4 Å². The number of rotatable bonds is 14. The number of nitrogens with zero attached hydrogens (tertiary/aromatic N) is 6. The number of aromatic amines is 1. The zero-order chi connectivity index (χ0) is 60.7. The fraction of sp³-hybridized carbons (Fsp3) is 0.442. The standard InChI is InChI=1S/C10H12N4O5.3C9H9NO3.3C5H13NO/c15-1-4-6(16)7(17)10(19-4)14-3-13-5-8(14)11-2-12-9(5)18;3*1-6(11)10-8-4-2-7(3-5-8)9(12)13;3*1-5(7)4-6(2)3/h2-4,6-7,10,15-17H,1H2,(H,11,12,18);3*2-5H,1H3,(H,10,11)(H,12,13);3*5,7H,4H2,1-3H3/t4-,6-,7-,10-;;;;3*5-/m1...111/s1. The van der Waals surface area contributed by atoms with Crippen LogP contribution in [0.3, 0.4) is 0 Å². The average Bonchev–Trinajstić information content (AvgIpc) is 3.88. The average molecular weight is 1120 g/mol. The minimum atomic E-state index is -1.24. The van der Waals surface area contributed by atoms with Gasteiger partial charge in [-0.3, -0.25) is 23.7 Å². The molecular weight excluding hydrogens is 1040 g/mol. The Morgan fingerprint density at radius 2 is 0.899 bits per heavy atom. The molecule has 3 heterocycles. The van der Waals surface area contributed by atoms with Crippen molar-refractivity contribution in [3.05, 3.63) is 112 Å². The molecule has 0 radical (unpaired) electrons. The fourth-order valence-electron chi connectivity index (χ4n) is 6.44. The highest BCUT2D eigenvalue weighted by Gasteiger charge is 2.44. The van der Waals surface area contributed by atoms with Crippen molar-refractivity contribution in [1.82, 2.24) is 34.2 Å². The molecule has 3 aromatic carbocycles. The molecule has 3 amide bonds. The smallest absolute Gasteiger partial charge is 0.335 e. The first-order chi connectivity index (χ1) is 36.8. The molecule has 0 bridgehead atoms. The number of benzene rings is 3. The zero-order valence-electron chi connectivity index (χ0n) is 46.4. The number of carboxylic acid groups (broad SMARTS) is 3. The number of carboxylic acids is 3. The predicted molar refractivity (Wildman–Crippen MR) is 295 cm³/mol. The summed E-state index contributed by atoms with van der Waals surface area (Å²) in [5.41, 5.74) is 2.33. The Kier molecular flexibility index (Phi) is 33.7. The van der Waals surface area contributed by atoms with Gasteiger partial charge in [0.25, 0.3) is 5.56 Å². The summed E-state index contributed by atoms with van der Waals surface area (Å²) in [5.74, 6) is -3.47. The van der Waals surface area contributed by atoms with E-state index in [1.54, 1.807) is 57.2 Å². The van der Waals surface area contributed by atoms with Gasteiger partial charge >= 0.3 is 17.9 Å². The molecule has 5 aromatic rings. The largest absolute Gasteiger partial charge is 0.478 e. The summed E-state index contributed by atoms with van der Waals surface area (Å²) < 4.78 is 6.70.